The van der Waals surface area contributed by atoms with Crippen LogP contribution in [0.3, 0.4) is 0 Å². The molecule has 24 heavy (non-hydrogen) atoms. The average molecular weight is 431 g/mol. The van der Waals surface area contributed by atoms with Gasteiger partial charge in [-0.3, -0.25) is 0 Å². The number of fused-ring (bicyclic) bond motifs is 1. The molecule has 0 saturated carbocycles. The van der Waals surface area contributed by atoms with Gasteiger partial charge in [-0.15, -0.1) is 0 Å². The molecule has 0 aromatic rings. The summed E-state index contributed by atoms with van der Waals surface area (Å²) in [6.45, 7) is 9.42. The van der Waals surface area contributed by atoms with E-state index in [4.69, 9.17) is 0 Å². The van der Waals surface area contributed by atoms with Gasteiger partial charge in [-0.1, -0.05) is 0 Å². The van der Waals surface area contributed by atoms with Crippen molar-refractivity contribution in [1.82, 2.24) is 0 Å². The number of unbranched alkanes of at least 4 members (excludes halogenated alkanes) is 3. The standard InChI is InChI=1S/C11H9.3C4H9.Sn/c1-9-7-8-10-5-3-2-4-6-11(9)10;3*1-3-4-2;/h2-7H,1H3;3*1,3-4H2,2H3;. The van der Waals surface area contributed by atoms with E-state index in [0.29, 0.717) is 0 Å². The van der Waals surface area contributed by atoms with Crippen molar-refractivity contribution >= 4 is 22.0 Å². The molecule has 0 radical (unpaired) electrons. The van der Waals surface area contributed by atoms with Crippen LogP contribution in [0.25, 0.3) is 11.1 Å². The van der Waals surface area contributed by atoms with Gasteiger partial charge in [0.2, 0.25) is 0 Å². The Bertz CT molecular complexity index is 565. The zero-order chi connectivity index (χ0) is 17.4. The van der Waals surface area contributed by atoms with Crippen molar-refractivity contribution in [3.05, 3.63) is 42.0 Å². The van der Waals surface area contributed by atoms with Crippen LogP contribution in [-0.4, -0.2) is 18.4 Å². The predicted molar refractivity (Wildman–Crippen MR) is 112 cm³/mol. The summed E-state index contributed by atoms with van der Waals surface area (Å²) in [4.78, 5) is 0. The van der Waals surface area contributed by atoms with E-state index in [9.17, 15) is 0 Å². The van der Waals surface area contributed by atoms with Crippen LogP contribution in [0.5, 0.6) is 0 Å². The Hall–Kier alpha value is -0.501. The molecule has 2 aliphatic rings. The van der Waals surface area contributed by atoms with Gasteiger partial charge in [0.15, 0.2) is 0 Å². The molecule has 0 aromatic carbocycles. The van der Waals surface area contributed by atoms with Gasteiger partial charge in [0.1, 0.15) is 0 Å². The quantitative estimate of drug-likeness (QED) is 0.351. The molecule has 0 unspecified atom stereocenters. The molecule has 2 aliphatic carbocycles. The van der Waals surface area contributed by atoms with Crippen molar-refractivity contribution in [1.29, 1.82) is 0 Å². The third-order valence-electron chi connectivity index (χ3n) is 5.71. The third-order valence-corrected chi connectivity index (χ3v) is 21.4. The molecule has 0 amide bonds. The van der Waals surface area contributed by atoms with Crippen LogP contribution in [0.2, 0.25) is 13.3 Å². The predicted octanol–water partition coefficient (Wildman–Crippen LogP) is 7.16. The van der Waals surface area contributed by atoms with Gasteiger partial charge in [0, 0.05) is 0 Å². The number of aryl methyl sites for hydroxylation is 1. The summed E-state index contributed by atoms with van der Waals surface area (Å²) in [7, 11) is 0. The molecule has 0 atom stereocenters. The molecular weight excluding hydrogens is 395 g/mol. The van der Waals surface area contributed by atoms with E-state index < -0.39 is 18.4 Å². The maximum atomic E-state index is 2.61. The number of hydrogen-bond acceptors (Lipinski definition) is 0. The van der Waals surface area contributed by atoms with Crippen LogP contribution >= 0.6 is 0 Å². The Balaban J connectivity index is 2.52. The Morgan fingerprint density at radius 1 is 0.708 bits per heavy atom. The summed E-state index contributed by atoms with van der Waals surface area (Å²) < 4.78 is 6.52. The Kier molecular flexibility index (Phi) is 8.13. The fourth-order valence-corrected chi connectivity index (χ4v) is 21.3. The minimum atomic E-state index is -2.33. The normalized spacial score (nSPS) is 12.0. The van der Waals surface area contributed by atoms with E-state index in [1.54, 1.807) is 18.9 Å². The van der Waals surface area contributed by atoms with E-state index in [0.717, 1.165) is 0 Å². The summed E-state index contributed by atoms with van der Waals surface area (Å²) in [5, 5.41) is 0. The Morgan fingerprint density at radius 3 is 1.71 bits per heavy atom. The van der Waals surface area contributed by atoms with E-state index >= 15 is 0 Å². The van der Waals surface area contributed by atoms with Crippen LogP contribution in [0.1, 0.15) is 64.9 Å². The van der Waals surface area contributed by atoms with Crippen LogP contribution < -0.4 is 3.58 Å². The SMILES string of the molecule is CCC[CH2][Sn]([CH2]CCC)([CH2]CCC)[c]1cc(C)c2cccccc1-2. The molecule has 0 saturated heterocycles. The summed E-state index contributed by atoms with van der Waals surface area (Å²) in [6, 6.07) is 14.0. The minimum absolute atomic E-state index is 1.35. The molecule has 0 heterocycles. The van der Waals surface area contributed by atoms with Gasteiger partial charge in [-0.2, -0.15) is 0 Å². The first kappa shape index (κ1) is 19.8. The fraction of sp³-hybridized carbons (Fsp3) is 0.565. The van der Waals surface area contributed by atoms with Crippen LogP contribution in [0, 0.1) is 6.92 Å². The van der Waals surface area contributed by atoms with Crippen LogP contribution in [0.15, 0.2) is 36.4 Å². The van der Waals surface area contributed by atoms with Gasteiger partial charge in [-0.05, 0) is 0 Å². The fourth-order valence-electron chi connectivity index (χ4n) is 4.26. The number of hydrogen-bond donors (Lipinski definition) is 0. The topological polar surface area (TPSA) is 0 Å². The van der Waals surface area contributed by atoms with Crippen LogP contribution in [-0.2, 0) is 0 Å². The summed E-state index contributed by atoms with van der Waals surface area (Å²) in [5.74, 6) is 0. The average Bonchev–Trinajstić information content (AvgIpc) is 2.78. The van der Waals surface area contributed by atoms with Gasteiger partial charge >= 0.3 is 155 Å². The second-order valence-corrected chi connectivity index (χ2v) is 20.7. The second kappa shape index (κ2) is 9.85. The molecular formula is C23H36Sn. The molecule has 0 aliphatic heterocycles. The van der Waals surface area contributed by atoms with Gasteiger partial charge < -0.3 is 0 Å². The number of rotatable bonds is 10. The van der Waals surface area contributed by atoms with Crippen LogP contribution in [0.4, 0.5) is 0 Å². The van der Waals surface area contributed by atoms with E-state index in [-0.39, 0.29) is 0 Å². The first-order valence-electron chi connectivity index (χ1n) is 10.2. The zero-order valence-electron chi connectivity index (χ0n) is 16.3. The molecule has 0 aromatic heterocycles. The van der Waals surface area contributed by atoms with Crippen molar-refractivity contribution in [2.24, 2.45) is 0 Å². The Labute approximate surface area is 154 Å². The van der Waals surface area contributed by atoms with Crippen molar-refractivity contribution in [3.8, 4) is 11.1 Å². The summed E-state index contributed by atoms with van der Waals surface area (Å²) in [5.41, 5.74) is 4.60. The van der Waals surface area contributed by atoms with Gasteiger partial charge in [0.05, 0.1) is 0 Å². The van der Waals surface area contributed by atoms with Gasteiger partial charge in [-0.25, -0.2) is 0 Å². The molecule has 0 spiro atoms. The molecule has 1 heteroatoms. The second-order valence-electron chi connectivity index (χ2n) is 7.57. The van der Waals surface area contributed by atoms with Crippen molar-refractivity contribution in [3.63, 3.8) is 0 Å². The monoisotopic (exact) mass is 432 g/mol. The summed E-state index contributed by atoms with van der Waals surface area (Å²) >= 11 is -2.33. The van der Waals surface area contributed by atoms with Crippen molar-refractivity contribution < 1.29 is 0 Å². The first-order chi connectivity index (χ1) is 11.7. The zero-order valence-corrected chi connectivity index (χ0v) is 19.2. The van der Waals surface area contributed by atoms with Crippen molar-refractivity contribution in [2.45, 2.75) is 79.5 Å². The molecule has 0 bridgehead atoms. The van der Waals surface area contributed by atoms with E-state index in [2.05, 4.69) is 64.1 Å². The first-order valence-corrected chi connectivity index (χ1v) is 17.7. The molecule has 132 valence electrons. The van der Waals surface area contributed by atoms with E-state index in [1.165, 1.54) is 49.7 Å². The van der Waals surface area contributed by atoms with E-state index in [1.807, 2.05) is 3.58 Å². The molecule has 2 rings (SSSR count). The van der Waals surface area contributed by atoms with Gasteiger partial charge in [0.25, 0.3) is 0 Å². The molecule has 0 nitrogen and oxygen atoms in total. The van der Waals surface area contributed by atoms with Crippen molar-refractivity contribution in [2.75, 3.05) is 0 Å². The summed E-state index contributed by atoms with van der Waals surface area (Å²) in [6.07, 6.45) is 8.36. The maximum absolute atomic E-state index is 2.61. The molecule has 0 N–H and O–H groups in total. The molecule has 0 fully saturated rings. The third kappa shape index (κ3) is 4.56. The Morgan fingerprint density at radius 2 is 1.21 bits per heavy atom.